The molecule has 0 saturated carbocycles. The molecule has 8 aliphatic heterocycles. The predicted molar refractivity (Wildman–Crippen MR) is 485 cm³/mol. The normalized spacial score (nSPS) is 28.7. The zero-order chi connectivity index (χ0) is 101. The first-order valence-corrected chi connectivity index (χ1v) is 46.1. The molecule has 8 heterocycles. The molecule has 0 bridgehead atoms. The molecule has 25 atom stereocenters. The minimum absolute atomic E-state index is 0.0205. The van der Waals surface area contributed by atoms with Crippen molar-refractivity contribution in [1.29, 1.82) is 0 Å². The van der Waals surface area contributed by atoms with Gasteiger partial charge in [0.2, 0.25) is 6.29 Å². The molecular formula is C103H105N3O37. The highest BCUT2D eigenvalue weighted by molar-refractivity contribution is 6.23. The van der Waals surface area contributed by atoms with Crippen LogP contribution in [0.25, 0.3) is 0 Å². The number of hydrogen-bond acceptors (Lipinski definition) is 37. The zero-order valence-corrected chi connectivity index (χ0v) is 78.6. The molecule has 8 aromatic carbocycles. The molecule has 40 nitrogen and oxygen atoms in total. The molecule has 2 N–H and O–H groups in total. The van der Waals surface area contributed by atoms with Crippen molar-refractivity contribution >= 4 is 77.2 Å². The summed E-state index contributed by atoms with van der Waals surface area (Å²) >= 11 is 0. The van der Waals surface area contributed by atoms with E-state index in [1.165, 1.54) is 67.8 Å². The van der Waals surface area contributed by atoms with E-state index in [0.29, 0.717) is 37.8 Å². The van der Waals surface area contributed by atoms with Gasteiger partial charge in [-0.05, 0) is 82.9 Å². The third kappa shape index (κ3) is 23.2. The summed E-state index contributed by atoms with van der Waals surface area (Å²) in [5, 5.41) is 25.5. The van der Waals surface area contributed by atoms with Crippen LogP contribution in [0.2, 0.25) is 0 Å². The van der Waals surface area contributed by atoms with Gasteiger partial charge in [-0.25, -0.2) is 0 Å². The lowest BCUT2D eigenvalue weighted by Gasteiger charge is -2.53. The highest BCUT2D eigenvalue weighted by Gasteiger charge is 2.66. The van der Waals surface area contributed by atoms with Crippen LogP contribution in [0.5, 0.6) is 11.5 Å². The van der Waals surface area contributed by atoms with Crippen LogP contribution >= 0.6 is 0 Å². The van der Waals surface area contributed by atoms with Crippen molar-refractivity contribution in [2.45, 2.75) is 228 Å². The molecule has 5 saturated heterocycles. The number of ether oxygens (including phenoxy) is 22. The van der Waals surface area contributed by atoms with Crippen LogP contribution < -0.4 is 9.47 Å². The maximum Gasteiger partial charge on any atom is 0.303 e. The number of methoxy groups -OCH3 is 1. The predicted octanol–water partition coefficient (Wildman–Crippen LogP) is 6.98. The SMILES string of the molecule is COc1ccc(OC2OC(COCc3ccccc3)C(OC3OC(CO)C(O)C(OC4OC(COCc5ccccc5)C(OC5OC(COC(C)=O)C(OC(C)=O)C(OC(C)=O)C5N5C(=O)c6ccccc6C5=O)C(OCc5ccccc5)C4OC4OC(COC(C)=O)C(OC(C)=O)C(OC(C)=O)C4N4C(=O)c5ccccc5C4=O)C3OC(C)=O)C(OCc3ccccc3)C2N2C(=O)c3ccccc3C2=O)cc1. The number of esters is 7. The molecule has 40 heteroatoms. The minimum Gasteiger partial charge on any atom is -0.497 e. The van der Waals surface area contributed by atoms with Gasteiger partial charge in [-0.2, -0.15) is 0 Å². The summed E-state index contributed by atoms with van der Waals surface area (Å²) in [6.07, 6.45) is -45.3. The Morgan fingerprint density at radius 2 is 0.573 bits per heavy atom. The van der Waals surface area contributed by atoms with E-state index in [4.69, 9.17) is 104 Å². The molecule has 0 aromatic heterocycles. The number of carbonyl (C=O) groups excluding carboxylic acids is 13. The lowest BCUT2D eigenvalue weighted by atomic mass is 9.92. The van der Waals surface area contributed by atoms with E-state index in [-0.39, 0.29) is 59.0 Å². The Balaban J connectivity index is 0.904. The fraction of sp³-hybridized carbons (Fsp3) is 0.408. The number of benzene rings is 8. The molecule has 0 spiro atoms. The Morgan fingerprint density at radius 1 is 0.287 bits per heavy atom. The highest BCUT2D eigenvalue weighted by Crippen LogP contribution is 2.46. The average Bonchev–Trinajstić information content (AvgIpc) is 1.64. The maximum atomic E-state index is 15.7. The van der Waals surface area contributed by atoms with Gasteiger partial charge in [-0.15, -0.1) is 0 Å². The van der Waals surface area contributed by atoms with Gasteiger partial charge in [0.1, 0.15) is 116 Å². The number of carbonyl (C=O) groups is 13. The van der Waals surface area contributed by atoms with Gasteiger partial charge >= 0.3 is 41.8 Å². The van der Waals surface area contributed by atoms with Crippen molar-refractivity contribution in [3.8, 4) is 11.5 Å². The molecule has 0 aliphatic carbocycles. The summed E-state index contributed by atoms with van der Waals surface area (Å²) in [5.41, 5.74) is 1.25. The summed E-state index contributed by atoms with van der Waals surface area (Å²) in [5.74, 6) is -12.8. The van der Waals surface area contributed by atoms with Gasteiger partial charge < -0.3 is 114 Å². The van der Waals surface area contributed by atoms with Gasteiger partial charge in [0.25, 0.3) is 35.4 Å². The molecular weight excluding hydrogens is 1870 g/mol. The van der Waals surface area contributed by atoms with Crippen LogP contribution in [-0.2, 0) is 155 Å². The Kier molecular flexibility index (Phi) is 33.1. The zero-order valence-electron chi connectivity index (χ0n) is 78.6. The molecule has 25 unspecified atom stereocenters. The second-order valence-electron chi connectivity index (χ2n) is 34.6. The molecule has 6 amide bonds. The van der Waals surface area contributed by atoms with Crippen molar-refractivity contribution in [2.75, 3.05) is 40.1 Å². The highest BCUT2D eigenvalue weighted by atomic mass is 16.8. The number of rotatable bonds is 38. The van der Waals surface area contributed by atoms with Gasteiger partial charge in [-0.3, -0.25) is 77.0 Å². The molecule has 754 valence electrons. The Labute approximate surface area is 818 Å². The molecule has 8 aliphatic rings. The number of aliphatic hydroxyl groups excluding tert-OH is 2. The van der Waals surface area contributed by atoms with Crippen LogP contribution in [0.1, 0.15) is 133 Å². The third-order valence-electron chi connectivity index (χ3n) is 24.9. The van der Waals surface area contributed by atoms with Gasteiger partial charge in [-0.1, -0.05) is 158 Å². The first-order chi connectivity index (χ1) is 69.0. The Bertz CT molecular complexity index is 5800. The van der Waals surface area contributed by atoms with Crippen LogP contribution in [0, 0.1) is 0 Å². The monoisotopic (exact) mass is 1980 g/mol. The number of amides is 6. The first-order valence-electron chi connectivity index (χ1n) is 46.1. The molecule has 143 heavy (non-hydrogen) atoms. The number of hydrogen-bond donors (Lipinski definition) is 2. The number of fused-ring (bicyclic) bond motifs is 3. The molecule has 0 radical (unpaired) electrons. The van der Waals surface area contributed by atoms with Gasteiger partial charge in [0.15, 0.2) is 55.7 Å². The maximum absolute atomic E-state index is 15.7. The van der Waals surface area contributed by atoms with E-state index in [1.807, 2.05) is 0 Å². The van der Waals surface area contributed by atoms with E-state index in [0.717, 1.165) is 53.4 Å². The standard InChI is InChI=1S/C103H105N3O37/c1-54(108)125-52-76-83(129-56(3)110)87(131-58(5)112)79(105-95(118)69-37-23-24-38-70(69)96(105)119)100(137-76)140-85-75(51-124-47-62-29-15-10-16-30-62)139-103(92(90(85)128-49-64-33-19-12-20-34-64)143-101-80(106-97(120)71-39-25-26-40-72(71)98(106)121)88(132-59(6)113)84(130-57(4)111)77(138-101)53-126-55(2)109)142-89-81(115)73(45-107)135-102(91(89)133-60(7)114)141-82-74(50-123-46-61-27-13-9-14-28-61)136-99(134-66-43-41-65(122-8)42-44-66)78(86(82)127-48-63-31-17-11-18-32-63)104-93(116)67-35-21-22-36-68(67)94(104)117/h9-44,73-92,99-103,107,115H,45-53H2,1-8H3. The third-order valence-corrected chi connectivity index (χ3v) is 24.9. The Hall–Kier alpha value is -13.5. The number of nitrogens with zero attached hydrogens (tertiary/aromatic N) is 3. The largest absolute Gasteiger partial charge is 0.497 e. The van der Waals surface area contributed by atoms with Crippen LogP contribution in [0.3, 0.4) is 0 Å². The van der Waals surface area contributed by atoms with E-state index in [2.05, 4.69) is 0 Å². The van der Waals surface area contributed by atoms with Crippen molar-refractivity contribution in [1.82, 2.24) is 14.7 Å². The lowest BCUT2D eigenvalue weighted by molar-refractivity contribution is -0.405. The molecule has 5 fully saturated rings. The topological polar surface area (TPSA) is 475 Å². The molecule has 8 aromatic rings. The fourth-order valence-electron chi connectivity index (χ4n) is 18.6. The van der Waals surface area contributed by atoms with E-state index >= 15 is 28.8 Å². The average molecular weight is 1980 g/mol. The second-order valence-corrected chi connectivity index (χ2v) is 34.6. The van der Waals surface area contributed by atoms with Crippen LogP contribution in [-0.4, -0.2) is 296 Å². The first kappa shape index (κ1) is 102. The van der Waals surface area contributed by atoms with Gasteiger partial charge in [0, 0.05) is 48.5 Å². The van der Waals surface area contributed by atoms with Crippen molar-refractivity contribution in [2.24, 2.45) is 0 Å². The fourth-order valence-corrected chi connectivity index (χ4v) is 18.6. The second kappa shape index (κ2) is 46.2. The van der Waals surface area contributed by atoms with E-state index in [9.17, 15) is 43.8 Å². The summed E-state index contributed by atoms with van der Waals surface area (Å²) in [6, 6.07) is 51.8. The van der Waals surface area contributed by atoms with E-state index in [1.54, 1.807) is 158 Å². The van der Waals surface area contributed by atoms with E-state index < -0.39 is 270 Å². The van der Waals surface area contributed by atoms with Crippen LogP contribution in [0.4, 0.5) is 0 Å². The van der Waals surface area contributed by atoms with Crippen LogP contribution in [0.15, 0.2) is 218 Å². The van der Waals surface area contributed by atoms with Crippen molar-refractivity contribution < 1.29 is 177 Å². The minimum atomic E-state index is -2.44. The molecule has 16 rings (SSSR count). The van der Waals surface area contributed by atoms with Crippen molar-refractivity contribution in [3.63, 3.8) is 0 Å². The van der Waals surface area contributed by atoms with Gasteiger partial charge in [0.05, 0.1) is 86.7 Å². The number of aliphatic hydroxyl groups is 2. The summed E-state index contributed by atoms with van der Waals surface area (Å²) in [7, 11) is 1.46. The summed E-state index contributed by atoms with van der Waals surface area (Å²) in [4.78, 5) is 192. The number of imide groups is 3. The summed E-state index contributed by atoms with van der Waals surface area (Å²) < 4.78 is 147. The Morgan fingerprint density at radius 3 is 0.944 bits per heavy atom. The quantitative estimate of drug-likeness (QED) is 0.0224. The summed E-state index contributed by atoms with van der Waals surface area (Å²) in [6.45, 7) is 1.50. The lowest BCUT2D eigenvalue weighted by Crippen LogP contribution is -2.72. The van der Waals surface area contributed by atoms with Crippen molar-refractivity contribution in [3.05, 3.63) is 274 Å². The smallest absolute Gasteiger partial charge is 0.303 e.